The number of amides is 2. The van der Waals surface area contributed by atoms with E-state index < -0.39 is 0 Å². The normalized spacial score (nSPS) is 15.2. The molecule has 0 radical (unpaired) electrons. The fraction of sp³-hybridized carbons (Fsp3) is 0.500. The lowest BCUT2D eigenvalue weighted by molar-refractivity contribution is 0.134. The van der Waals surface area contributed by atoms with Gasteiger partial charge in [0, 0.05) is 37.3 Å². The summed E-state index contributed by atoms with van der Waals surface area (Å²) in [6, 6.07) is 5.81. The van der Waals surface area contributed by atoms with E-state index in [1.165, 1.54) is 0 Å². The van der Waals surface area contributed by atoms with Crippen LogP contribution in [0.5, 0.6) is 0 Å². The van der Waals surface area contributed by atoms with Crippen molar-refractivity contribution < 1.29 is 9.32 Å². The van der Waals surface area contributed by atoms with E-state index in [0.29, 0.717) is 18.1 Å². The van der Waals surface area contributed by atoms with Crippen LogP contribution in [0, 0.1) is 6.92 Å². The summed E-state index contributed by atoms with van der Waals surface area (Å²) in [7, 11) is 0. The van der Waals surface area contributed by atoms with Gasteiger partial charge in [-0.1, -0.05) is 36.7 Å². The molecule has 3 rings (SSSR count). The van der Waals surface area contributed by atoms with Crippen LogP contribution in [0.1, 0.15) is 36.4 Å². The number of urea groups is 1. The maximum atomic E-state index is 12.8. The molecule has 1 saturated heterocycles. The molecule has 1 aliphatic heterocycles. The number of aromatic nitrogens is 1. The summed E-state index contributed by atoms with van der Waals surface area (Å²) in [5.74, 6) is 0.865. The number of aryl methyl sites for hydroxylation is 2. The van der Waals surface area contributed by atoms with Gasteiger partial charge in [-0.2, -0.15) is 0 Å². The Balaban J connectivity index is 1.61. The van der Waals surface area contributed by atoms with Crippen LogP contribution in [0.15, 0.2) is 22.7 Å². The van der Waals surface area contributed by atoms with E-state index in [1.807, 2.05) is 30.0 Å². The minimum atomic E-state index is -0.0585. The smallest absolute Gasteiger partial charge is 0.321 e. The van der Waals surface area contributed by atoms with Crippen molar-refractivity contribution in [3.05, 3.63) is 45.8 Å². The molecule has 146 valence electrons. The first-order valence-corrected chi connectivity index (χ1v) is 9.90. The molecule has 2 aromatic rings. The van der Waals surface area contributed by atoms with Crippen molar-refractivity contribution in [2.45, 2.75) is 40.2 Å². The minimum absolute atomic E-state index is 0.0585. The van der Waals surface area contributed by atoms with Gasteiger partial charge in [0.25, 0.3) is 0 Å². The Labute approximate surface area is 165 Å². The third-order valence-corrected chi connectivity index (χ3v) is 5.38. The molecular formula is C20H27ClN4O2. The number of hydrogen-bond donors (Lipinski definition) is 1. The molecule has 0 saturated carbocycles. The maximum absolute atomic E-state index is 12.8. The number of anilines is 1. The van der Waals surface area contributed by atoms with E-state index in [-0.39, 0.29) is 6.03 Å². The number of nitrogens with one attached hydrogen (secondary N) is 1. The molecule has 1 aromatic carbocycles. The van der Waals surface area contributed by atoms with Gasteiger partial charge in [0.2, 0.25) is 0 Å². The number of nitrogens with zero attached hydrogens (tertiary/aromatic N) is 3. The second kappa shape index (κ2) is 8.76. The highest BCUT2D eigenvalue weighted by Gasteiger charge is 2.23. The van der Waals surface area contributed by atoms with E-state index in [1.54, 1.807) is 0 Å². The second-order valence-electron chi connectivity index (χ2n) is 6.90. The van der Waals surface area contributed by atoms with Crippen molar-refractivity contribution in [1.82, 2.24) is 15.0 Å². The number of carbonyl (C=O) groups excluding carboxylic acids is 1. The molecule has 1 N–H and O–H groups in total. The van der Waals surface area contributed by atoms with Gasteiger partial charge in [0.15, 0.2) is 5.76 Å². The maximum Gasteiger partial charge on any atom is 0.321 e. The minimum Gasteiger partial charge on any atom is -0.360 e. The molecule has 1 aromatic heterocycles. The van der Waals surface area contributed by atoms with Gasteiger partial charge in [-0.3, -0.25) is 4.90 Å². The van der Waals surface area contributed by atoms with Crippen LogP contribution in [0.3, 0.4) is 0 Å². The summed E-state index contributed by atoms with van der Waals surface area (Å²) >= 11 is 6.34. The molecule has 0 atom stereocenters. The number of piperazine rings is 1. The Morgan fingerprint density at radius 1 is 1.22 bits per heavy atom. The fourth-order valence-corrected chi connectivity index (χ4v) is 3.76. The third-order valence-electron chi connectivity index (χ3n) is 5.02. The summed E-state index contributed by atoms with van der Waals surface area (Å²) in [5, 5.41) is 7.75. The SMILES string of the molecule is CCc1ccc(Cl)c(CC)c1NC(=O)N1CCN(Cc2cc(C)no2)CC1. The Morgan fingerprint density at radius 3 is 2.56 bits per heavy atom. The Morgan fingerprint density at radius 2 is 1.96 bits per heavy atom. The van der Waals surface area contributed by atoms with E-state index in [9.17, 15) is 4.79 Å². The number of carbonyl (C=O) groups is 1. The van der Waals surface area contributed by atoms with Gasteiger partial charge in [-0.05, 0) is 37.0 Å². The third kappa shape index (κ3) is 4.62. The average molecular weight is 391 g/mol. The highest BCUT2D eigenvalue weighted by atomic mass is 35.5. The molecule has 1 aliphatic rings. The standard InChI is InChI=1S/C20H27ClN4O2/c1-4-15-6-7-18(21)17(5-2)19(15)22-20(26)25-10-8-24(9-11-25)13-16-12-14(3)23-27-16/h6-7,12H,4-5,8-11,13H2,1-3H3,(H,22,26). The predicted molar refractivity (Wildman–Crippen MR) is 107 cm³/mol. The van der Waals surface area contributed by atoms with E-state index >= 15 is 0 Å². The van der Waals surface area contributed by atoms with Crippen molar-refractivity contribution in [1.29, 1.82) is 0 Å². The van der Waals surface area contributed by atoms with E-state index in [2.05, 4.69) is 29.2 Å². The first kappa shape index (κ1) is 19.7. The second-order valence-corrected chi connectivity index (χ2v) is 7.30. The molecule has 0 spiro atoms. The van der Waals surface area contributed by atoms with Crippen molar-refractivity contribution >= 4 is 23.3 Å². The van der Waals surface area contributed by atoms with Gasteiger partial charge >= 0.3 is 6.03 Å². The van der Waals surface area contributed by atoms with Crippen molar-refractivity contribution in [3.8, 4) is 0 Å². The highest BCUT2D eigenvalue weighted by molar-refractivity contribution is 6.31. The Hall–Kier alpha value is -2.05. The van der Waals surface area contributed by atoms with Gasteiger partial charge in [0.1, 0.15) is 0 Å². The lowest BCUT2D eigenvalue weighted by Gasteiger charge is -2.34. The number of hydrogen-bond acceptors (Lipinski definition) is 4. The zero-order chi connectivity index (χ0) is 19.4. The van der Waals surface area contributed by atoms with Crippen LogP contribution in [-0.2, 0) is 19.4 Å². The summed E-state index contributed by atoms with van der Waals surface area (Å²) in [6.07, 6.45) is 1.64. The van der Waals surface area contributed by atoms with E-state index in [0.717, 1.165) is 60.7 Å². The molecule has 0 unspecified atom stereocenters. The highest BCUT2D eigenvalue weighted by Crippen LogP contribution is 2.29. The fourth-order valence-electron chi connectivity index (χ4n) is 3.47. The number of halogens is 1. The van der Waals surface area contributed by atoms with Gasteiger partial charge in [0.05, 0.1) is 17.9 Å². The van der Waals surface area contributed by atoms with Crippen molar-refractivity contribution in [2.24, 2.45) is 0 Å². The molecule has 7 heteroatoms. The number of benzene rings is 1. The van der Waals surface area contributed by atoms with Crippen LogP contribution in [0.4, 0.5) is 10.5 Å². The molecule has 27 heavy (non-hydrogen) atoms. The predicted octanol–water partition coefficient (Wildman–Crippen LogP) is 4.11. The van der Waals surface area contributed by atoms with Crippen LogP contribution in [0.25, 0.3) is 0 Å². The lowest BCUT2D eigenvalue weighted by atomic mass is 10.0. The molecule has 0 aliphatic carbocycles. The molecule has 0 bridgehead atoms. The van der Waals surface area contributed by atoms with Crippen LogP contribution in [-0.4, -0.2) is 47.2 Å². The largest absolute Gasteiger partial charge is 0.360 e. The summed E-state index contributed by atoms with van der Waals surface area (Å²) in [5.41, 5.74) is 3.88. The summed E-state index contributed by atoms with van der Waals surface area (Å²) < 4.78 is 5.29. The Kier molecular flexibility index (Phi) is 6.39. The van der Waals surface area contributed by atoms with Gasteiger partial charge < -0.3 is 14.7 Å². The molecule has 6 nitrogen and oxygen atoms in total. The summed E-state index contributed by atoms with van der Waals surface area (Å²) in [4.78, 5) is 16.9. The Bertz CT molecular complexity index is 797. The van der Waals surface area contributed by atoms with Gasteiger partial charge in [-0.25, -0.2) is 4.79 Å². The quantitative estimate of drug-likeness (QED) is 0.834. The molecule has 2 amide bonds. The monoisotopic (exact) mass is 390 g/mol. The first-order chi connectivity index (χ1) is 13.0. The van der Waals surface area contributed by atoms with Crippen molar-refractivity contribution in [2.75, 3.05) is 31.5 Å². The molecule has 2 heterocycles. The van der Waals surface area contributed by atoms with E-state index in [4.69, 9.17) is 16.1 Å². The van der Waals surface area contributed by atoms with Gasteiger partial charge in [-0.15, -0.1) is 0 Å². The molecular weight excluding hydrogens is 364 g/mol. The van der Waals surface area contributed by atoms with Crippen LogP contribution in [0.2, 0.25) is 5.02 Å². The summed E-state index contributed by atoms with van der Waals surface area (Å²) in [6.45, 7) is 9.77. The molecule has 1 fully saturated rings. The topological polar surface area (TPSA) is 61.6 Å². The van der Waals surface area contributed by atoms with Crippen LogP contribution < -0.4 is 5.32 Å². The lowest BCUT2D eigenvalue weighted by Crippen LogP contribution is -2.49. The first-order valence-electron chi connectivity index (χ1n) is 9.52. The van der Waals surface area contributed by atoms with Crippen molar-refractivity contribution in [3.63, 3.8) is 0 Å². The zero-order valence-electron chi connectivity index (χ0n) is 16.2. The number of rotatable bonds is 5. The zero-order valence-corrected chi connectivity index (χ0v) is 17.0. The average Bonchev–Trinajstić information content (AvgIpc) is 3.07. The van der Waals surface area contributed by atoms with Crippen LogP contribution >= 0.6 is 11.6 Å².